The second kappa shape index (κ2) is 8.08. The Morgan fingerprint density at radius 2 is 2.04 bits per heavy atom. The molecule has 0 amide bonds. The highest BCUT2D eigenvalue weighted by Crippen LogP contribution is 2.39. The van der Waals surface area contributed by atoms with Crippen molar-refractivity contribution in [3.63, 3.8) is 0 Å². The van der Waals surface area contributed by atoms with Gasteiger partial charge < -0.3 is 19.5 Å². The van der Waals surface area contributed by atoms with E-state index in [4.69, 9.17) is 17.0 Å². The molecule has 0 unspecified atom stereocenters. The first-order chi connectivity index (χ1) is 13.7. The molecule has 0 saturated carbocycles. The van der Waals surface area contributed by atoms with Crippen LogP contribution in [-0.2, 0) is 4.74 Å². The zero-order valence-corrected chi connectivity index (χ0v) is 16.8. The summed E-state index contributed by atoms with van der Waals surface area (Å²) in [5.41, 5.74) is 4.28. The minimum Gasteiger partial charge on any atom is -0.383 e. The summed E-state index contributed by atoms with van der Waals surface area (Å²) in [4.78, 5) is 11.1. The molecule has 0 spiro atoms. The highest BCUT2D eigenvalue weighted by molar-refractivity contribution is 7.80. The van der Waals surface area contributed by atoms with Crippen LogP contribution in [0.25, 0.3) is 5.69 Å². The van der Waals surface area contributed by atoms with Gasteiger partial charge in [0.05, 0.1) is 36.3 Å². The minimum absolute atomic E-state index is 0.00791. The lowest BCUT2D eigenvalue weighted by Crippen LogP contribution is -2.33. The number of ether oxygens (including phenoxy) is 1. The lowest BCUT2D eigenvalue weighted by atomic mass is 10.0. The van der Waals surface area contributed by atoms with Crippen molar-refractivity contribution in [2.75, 3.05) is 20.3 Å². The van der Waals surface area contributed by atoms with Gasteiger partial charge in [-0.05, 0) is 55.5 Å². The van der Waals surface area contributed by atoms with E-state index in [0.29, 0.717) is 18.3 Å². The van der Waals surface area contributed by atoms with Crippen molar-refractivity contribution in [3.05, 3.63) is 78.1 Å². The molecule has 0 aliphatic carbocycles. The summed E-state index contributed by atoms with van der Waals surface area (Å²) < 4.78 is 7.57. The molecule has 6 nitrogen and oxygen atoms in total. The highest BCUT2D eigenvalue weighted by Gasteiger charge is 2.41. The summed E-state index contributed by atoms with van der Waals surface area (Å²) in [6.45, 7) is 3.40. The maximum atomic E-state index is 5.68. The van der Waals surface area contributed by atoms with E-state index in [-0.39, 0.29) is 12.1 Å². The van der Waals surface area contributed by atoms with E-state index in [2.05, 4.69) is 49.9 Å². The number of aryl methyl sites for hydroxylation is 1. The van der Waals surface area contributed by atoms with Crippen LogP contribution in [0, 0.1) is 6.92 Å². The van der Waals surface area contributed by atoms with Crippen LogP contribution >= 0.6 is 12.2 Å². The molecule has 1 saturated heterocycles. The summed E-state index contributed by atoms with van der Waals surface area (Å²) in [5.74, 6) is 0. The van der Waals surface area contributed by atoms with Crippen molar-refractivity contribution in [2.24, 2.45) is 0 Å². The fraction of sp³-hybridized carbons (Fsp3) is 0.286. The van der Waals surface area contributed by atoms with Crippen molar-refractivity contribution in [1.82, 2.24) is 24.8 Å². The van der Waals surface area contributed by atoms with Crippen LogP contribution in [0.2, 0.25) is 0 Å². The Kier molecular flexibility index (Phi) is 5.36. The molecular formula is C21H23N5OS. The Hall–Kier alpha value is -2.77. The Bertz CT molecular complexity index is 944. The van der Waals surface area contributed by atoms with Crippen LogP contribution in [0.1, 0.15) is 29.2 Å². The lowest BCUT2D eigenvalue weighted by Gasteiger charge is -2.29. The van der Waals surface area contributed by atoms with Crippen molar-refractivity contribution in [3.8, 4) is 5.69 Å². The van der Waals surface area contributed by atoms with Gasteiger partial charge in [-0.2, -0.15) is 0 Å². The Labute approximate surface area is 170 Å². The van der Waals surface area contributed by atoms with Crippen LogP contribution in [0.4, 0.5) is 0 Å². The number of aromatic nitrogens is 3. The molecule has 4 heterocycles. The summed E-state index contributed by atoms with van der Waals surface area (Å²) in [6.07, 6.45) is 5.49. The molecule has 4 rings (SSSR count). The Balaban J connectivity index is 1.82. The second-order valence-corrected chi connectivity index (χ2v) is 7.15. The average molecular weight is 394 g/mol. The summed E-state index contributed by atoms with van der Waals surface area (Å²) in [6, 6.07) is 14.2. The van der Waals surface area contributed by atoms with Gasteiger partial charge in [-0.15, -0.1) is 0 Å². The second-order valence-electron chi connectivity index (χ2n) is 6.76. The molecule has 2 atom stereocenters. The third-order valence-electron chi connectivity index (χ3n) is 5.05. The number of methoxy groups -OCH3 is 1. The molecule has 3 aromatic rings. The maximum Gasteiger partial charge on any atom is 0.170 e. The highest BCUT2D eigenvalue weighted by atomic mass is 32.1. The largest absolute Gasteiger partial charge is 0.383 e. The van der Waals surface area contributed by atoms with Crippen LogP contribution in [-0.4, -0.2) is 44.8 Å². The van der Waals surface area contributed by atoms with E-state index in [1.165, 1.54) is 0 Å². The molecule has 1 N–H and O–H groups in total. The monoisotopic (exact) mass is 393 g/mol. The molecule has 28 heavy (non-hydrogen) atoms. The number of pyridine rings is 2. The van der Waals surface area contributed by atoms with Crippen LogP contribution in [0.3, 0.4) is 0 Å². The normalized spacial score (nSPS) is 19.1. The predicted octanol–water partition coefficient (Wildman–Crippen LogP) is 3.19. The Morgan fingerprint density at radius 3 is 2.75 bits per heavy atom. The molecule has 1 aliphatic heterocycles. The first-order valence-corrected chi connectivity index (χ1v) is 9.67. The fourth-order valence-corrected chi connectivity index (χ4v) is 4.12. The fourth-order valence-electron chi connectivity index (χ4n) is 3.79. The molecule has 1 fully saturated rings. The third kappa shape index (κ3) is 3.39. The van der Waals surface area contributed by atoms with Gasteiger partial charge in [-0.3, -0.25) is 9.97 Å². The molecule has 1 aliphatic rings. The zero-order chi connectivity index (χ0) is 19.5. The van der Waals surface area contributed by atoms with Crippen molar-refractivity contribution < 1.29 is 4.74 Å². The number of rotatable bonds is 6. The van der Waals surface area contributed by atoms with Crippen LogP contribution < -0.4 is 5.32 Å². The minimum atomic E-state index is -0.0460. The van der Waals surface area contributed by atoms with Gasteiger partial charge in [0.1, 0.15) is 0 Å². The number of hydrogen-bond acceptors (Lipinski definition) is 4. The van der Waals surface area contributed by atoms with E-state index in [1.807, 2.05) is 36.7 Å². The van der Waals surface area contributed by atoms with Gasteiger partial charge in [0.2, 0.25) is 0 Å². The topological polar surface area (TPSA) is 55.2 Å². The molecule has 3 aromatic heterocycles. The lowest BCUT2D eigenvalue weighted by molar-refractivity contribution is 0.163. The molecule has 0 radical (unpaired) electrons. The molecule has 0 aromatic carbocycles. The first kappa shape index (κ1) is 18.6. The smallest absolute Gasteiger partial charge is 0.170 e. The van der Waals surface area contributed by atoms with Gasteiger partial charge in [0.25, 0.3) is 0 Å². The molecule has 144 valence electrons. The first-order valence-electron chi connectivity index (χ1n) is 9.26. The molecular weight excluding hydrogens is 370 g/mol. The van der Waals surface area contributed by atoms with Crippen LogP contribution in [0.5, 0.6) is 0 Å². The van der Waals surface area contributed by atoms with E-state index in [1.54, 1.807) is 13.3 Å². The molecule has 7 heteroatoms. The van der Waals surface area contributed by atoms with Gasteiger partial charge in [0.15, 0.2) is 5.11 Å². The number of hydrogen-bond donors (Lipinski definition) is 1. The van der Waals surface area contributed by atoms with Gasteiger partial charge >= 0.3 is 0 Å². The van der Waals surface area contributed by atoms with Gasteiger partial charge in [0, 0.05) is 37.4 Å². The summed E-state index contributed by atoms with van der Waals surface area (Å²) in [5, 5.41) is 4.19. The summed E-state index contributed by atoms with van der Waals surface area (Å²) >= 11 is 5.68. The number of thiocarbonyl (C=S) groups is 1. The van der Waals surface area contributed by atoms with Crippen molar-refractivity contribution in [2.45, 2.75) is 19.0 Å². The third-order valence-corrected chi connectivity index (χ3v) is 5.40. The SMILES string of the molecule is COCCN1C(=S)N[C@H](c2ccccn2)[C@H]1c1ccc(C)n1-c1cccnc1. The predicted molar refractivity (Wildman–Crippen MR) is 112 cm³/mol. The number of nitrogens with zero attached hydrogens (tertiary/aromatic N) is 4. The van der Waals surface area contributed by atoms with Crippen LogP contribution in [0.15, 0.2) is 61.1 Å². The standard InChI is InChI=1S/C21H23N5OS/c1-15-8-9-18(26(15)16-6-5-10-22-14-16)20-19(17-7-3-4-11-23-17)24-21(28)25(20)12-13-27-2/h3-11,14,19-20H,12-13H2,1-2H3,(H,24,28)/t19-,20-/m1/s1. The summed E-state index contributed by atoms with van der Waals surface area (Å²) in [7, 11) is 1.71. The van der Waals surface area contributed by atoms with E-state index in [0.717, 1.165) is 22.8 Å². The zero-order valence-electron chi connectivity index (χ0n) is 15.9. The van der Waals surface area contributed by atoms with Crippen molar-refractivity contribution in [1.29, 1.82) is 0 Å². The van der Waals surface area contributed by atoms with E-state index in [9.17, 15) is 0 Å². The van der Waals surface area contributed by atoms with E-state index < -0.39 is 0 Å². The molecule has 0 bridgehead atoms. The average Bonchev–Trinajstić information content (AvgIpc) is 3.27. The number of nitrogens with one attached hydrogen (secondary N) is 1. The van der Waals surface area contributed by atoms with Gasteiger partial charge in [-0.1, -0.05) is 6.07 Å². The quantitative estimate of drug-likeness (QED) is 0.649. The van der Waals surface area contributed by atoms with Crippen molar-refractivity contribution >= 4 is 17.3 Å². The van der Waals surface area contributed by atoms with Gasteiger partial charge in [-0.25, -0.2) is 0 Å². The Morgan fingerprint density at radius 1 is 1.14 bits per heavy atom. The maximum absolute atomic E-state index is 5.68. The van der Waals surface area contributed by atoms with E-state index >= 15 is 0 Å².